The van der Waals surface area contributed by atoms with Crippen LogP contribution in [0.5, 0.6) is 0 Å². The van der Waals surface area contributed by atoms with Crippen molar-refractivity contribution in [2.75, 3.05) is 0 Å². The lowest BCUT2D eigenvalue weighted by molar-refractivity contribution is -0.158. The number of alkyl halides is 2. The predicted molar refractivity (Wildman–Crippen MR) is 64.3 cm³/mol. The number of β-lactam (4-membered cyclic amide) rings is 1. The first kappa shape index (κ1) is 11.7. The number of thioether (sulfide) groups is 1. The monoisotopic (exact) mass is 357 g/mol. The van der Waals surface area contributed by atoms with Crippen LogP contribution in [0.15, 0.2) is 0 Å². The highest BCUT2D eigenvalue weighted by molar-refractivity contribution is 9.10. The van der Waals surface area contributed by atoms with Crippen LogP contribution in [0.3, 0.4) is 0 Å². The zero-order valence-electron chi connectivity index (χ0n) is 8.03. The first-order valence-corrected chi connectivity index (χ1v) is 6.89. The van der Waals surface area contributed by atoms with Gasteiger partial charge in [-0.2, -0.15) is 0 Å². The molecule has 7 heteroatoms. The topological polar surface area (TPSA) is 57.6 Å². The maximum absolute atomic E-state index is 11.6. The maximum atomic E-state index is 11.6. The molecule has 0 bridgehead atoms. The molecular formula is C8H9Br2NO3S. The summed E-state index contributed by atoms with van der Waals surface area (Å²) in [6, 6.07) is 0. The number of aliphatic carboxylic acids is 1. The normalized spacial score (nSPS) is 42.4. The van der Waals surface area contributed by atoms with Gasteiger partial charge in [-0.05, 0) is 29.8 Å². The van der Waals surface area contributed by atoms with Gasteiger partial charge in [0, 0.05) is 0 Å². The number of fused-ring (bicyclic) bond motifs is 1. The van der Waals surface area contributed by atoms with Gasteiger partial charge in [0.15, 0.2) is 0 Å². The summed E-state index contributed by atoms with van der Waals surface area (Å²) < 4.78 is -1.85. The fourth-order valence-corrected chi connectivity index (χ4v) is 5.04. The van der Waals surface area contributed by atoms with Crippen molar-refractivity contribution in [2.45, 2.75) is 33.2 Å². The highest BCUT2D eigenvalue weighted by atomic mass is 79.9. The maximum Gasteiger partial charge on any atom is 0.342 e. The Labute approximate surface area is 108 Å². The van der Waals surface area contributed by atoms with Crippen LogP contribution in [-0.2, 0) is 9.59 Å². The molecule has 0 radical (unpaired) electrons. The SMILES string of the molecule is CC1(C)S[C@@H]2[C@@H](Br)C(=O)N2[C@@]1(Br)C(=O)O. The Morgan fingerprint density at radius 3 is 2.60 bits per heavy atom. The number of carboxylic acid groups (broad SMARTS) is 1. The minimum Gasteiger partial charge on any atom is -0.479 e. The van der Waals surface area contributed by atoms with Crippen molar-refractivity contribution in [1.82, 2.24) is 4.90 Å². The summed E-state index contributed by atoms with van der Waals surface area (Å²) in [5, 5.41) is 9.17. The fourth-order valence-electron chi connectivity index (χ4n) is 1.90. The Hall–Kier alpha value is 0.250. The van der Waals surface area contributed by atoms with Crippen LogP contribution in [0.25, 0.3) is 0 Å². The lowest BCUT2D eigenvalue weighted by atomic mass is 9.98. The van der Waals surface area contributed by atoms with Crippen molar-refractivity contribution < 1.29 is 14.7 Å². The summed E-state index contributed by atoms with van der Waals surface area (Å²) in [5.41, 5.74) is 0. The number of hydrogen-bond donors (Lipinski definition) is 1. The van der Waals surface area contributed by atoms with Crippen LogP contribution in [0.4, 0.5) is 0 Å². The number of rotatable bonds is 1. The van der Waals surface area contributed by atoms with E-state index < -0.39 is 15.2 Å². The molecule has 1 N–H and O–H groups in total. The minimum atomic E-state index is -1.29. The Morgan fingerprint density at radius 2 is 2.13 bits per heavy atom. The van der Waals surface area contributed by atoms with Crippen LogP contribution in [0, 0.1) is 0 Å². The Kier molecular flexibility index (Phi) is 2.45. The minimum absolute atomic E-state index is 0.0945. The summed E-state index contributed by atoms with van der Waals surface area (Å²) in [5.74, 6) is -1.19. The van der Waals surface area contributed by atoms with Gasteiger partial charge < -0.3 is 10.0 Å². The highest BCUT2D eigenvalue weighted by Crippen LogP contribution is 2.60. The lowest BCUT2D eigenvalue weighted by Gasteiger charge is -2.45. The van der Waals surface area contributed by atoms with Gasteiger partial charge in [0.05, 0.1) is 4.75 Å². The van der Waals surface area contributed by atoms with Crippen molar-refractivity contribution >= 4 is 55.5 Å². The summed E-state index contributed by atoms with van der Waals surface area (Å²) in [6.45, 7) is 3.65. The smallest absolute Gasteiger partial charge is 0.342 e. The molecule has 0 spiro atoms. The Morgan fingerprint density at radius 1 is 1.60 bits per heavy atom. The molecular weight excluding hydrogens is 350 g/mol. The van der Waals surface area contributed by atoms with E-state index in [4.69, 9.17) is 0 Å². The highest BCUT2D eigenvalue weighted by Gasteiger charge is 2.71. The first-order valence-electron chi connectivity index (χ1n) is 4.31. The van der Waals surface area contributed by atoms with Gasteiger partial charge >= 0.3 is 5.97 Å². The number of nitrogens with zero attached hydrogens (tertiary/aromatic N) is 1. The van der Waals surface area contributed by atoms with Crippen LogP contribution in [-0.4, -0.2) is 41.3 Å². The number of carboxylic acids is 1. The second-order valence-electron chi connectivity index (χ2n) is 4.06. The zero-order chi connectivity index (χ0) is 11.6. The average molecular weight is 359 g/mol. The van der Waals surface area contributed by atoms with E-state index in [2.05, 4.69) is 31.9 Å². The molecule has 0 saturated carbocycles. The molecule has 84 valence electrons. The van der Waals surface area contributed by atoms with E-state index in [0.29, 0.717) is 0 Å². The van der Waals surface area contributed by atoms with Crippen LogP contribution in [0.1, 0.15) is 13.8 Å². The predicted octanol–water partition coefficient (Wildman–Crippen LogP) is 1.62. The van der Waals surface area contributed by atoms with E-state index in [-0.39, 0.29) is 16.1 Å². The number of hydrogen-bond acceptors (Lipinski definition) is 3. The number of halogens is 2. The van der Waals surface area contributed by atoms with Crippen LogP contribution < -0.4 is 0 Å². The Balaban J connectivity index is 2.46. The van der Waals surface area contributed by atoms with Gasteiger partial charge in [0.2, 0.25) is 10.4 Å². The summed E-state index contributed by atoms with van der Waals surface area (Å²) in [6.07, 6.45) is 0. The standard InChI is InChI=1S/C8H9Br2NO3S/c1-7(2)8(10,6(13)14)11-4(12)3(9)5(11)15-7/h3,5H,1-2H3,(H,13,14)/t3-,5+,8-/m0/s1. The lowest BCUT2D eigenvalue weighted by Crippen LogP contribution is -2.68. The third-order valence-electron chi connectivity index (χ3n) is 2.81. The molecule has 0 aliphatic carbocycles. The molecule has 2 heterocycles. The fraction of sp³-hybridized carbons (Fsp3) is 0.750. The van der Waals surface area contributed by atoms with Crippen molar-refractivity contribution in [2.24, 2.45) is 0 Å². The third-order valence-corrected chi connectivity index (χ3v) is 7.63. The number of amides is 1. The first-order chi connectivity index (χ1) is 6.73. The van der Waals surface area contributed by atoms with Gasteiger partial charge in [0.1, 0.15) is 10.2 Å². The molecule has 2 saturated heterocycles. The van der Waals surface area contributed by atoms with E-state index in [1.165, 1.54) is 16.7 Å². The molecule has 0 aromatic rings. The van der Waals surface area contributed by atoms with Crippen LogP contribution in [0.2, 0.25) is 0 Å². The van der Waals surface area contributed by atoms with Crippen molar-refractivity contribution in [3.05, 3.63) is 0 Å². The second kappa shape index (κ2) is 3.13. The largest absolute Gasteiger partial charge is 0.479 e. The third kappa shape index (κ3) is 1.20. The van der Waals surface area contributed by atoms with Gasteiger partial charge in [-0.25, -0.2) is 4.79 Å². The molecule has 0 aromatic carbocycles. The molecule has 2 aliphatic heterocycles. The van der Waals surface area contributed by atoms with E-state index >= 15 is 0 Å². The molecule has 4 nitrogen and oxygen atoms in total. The quantitative estimate of drug-likeness (QED) is 0.439. The van der Waals surface area contributed by atoms with E-state index in [9.17, 15) is 14.7 Å². The van der Waals surface area contributed by atoms with E-state index in [1.807, 2.05) is 13.8 Å². The van der Waals surface area contributed by atoms with Crippen LogP contribution >= 0.6 is 43.6 Å². The summed E-state index contributed by atoms with van der Waals surface area (Å²) >= 11 is 7.97. The number of carbonyl (C=O) groups excluding carboxylic acids is 1. The molecule has 15 heavy (non-hydrogen) atoms. The van der Waals surface area contributed by atoms with Gasteiger partial charge in [0.25, 0.3) is 0 Å². The van der Waals surface area contributed by atoms with E-state index in [1.54, 1.807) is 0 Å². The molecule has 2 aliphatic rings. The molecule has 0 unspecified atom stereocenters. The van der Waals surface area contributed by atoms with Gasteiger partial charge in [-0.15, -0.1) is 11.8 Å². The van der Waals surface area contributed by atoms with E-state index in [0.717, 1.165) is 0 Å². The van der Waals surface area contributed by atoms with Gasteiger partial charge in [-0.1, -0.05) is 15.9 Å². The van der Waals surface area contributed by atoms with Gasteiger partial charge in [-0.3, -0.25) is 4.79 Å². The zero-order valence-corrected chi connectivity index (χ0v) is 12.0. The van der Waals surface area contributed by atoms with Crippen molar-refractivity contribution in [3.8, 4) is 0 Å². The molecule has 0 aromatic heterocycles. The summed E-state index contributed by atoms with van der Waals surface area (Å²) in [4.78, 5) is 24.1. The molecule has 2 rings (SSSR count). The average Bonchev–Trinajstić information content (AvgIpc) is 2.33. The second-order valence-corrected chi connectivity index (χ2v) is 7.93. The van der Waals surface area contributed by atoms with Crippen molar-refractivity contribution in [3.63, 3.8) is 0 Å². The molecule has 1 amide bonds. The van der Waals surface area contributed by atoms with Crippen molar-refractivity contribution in [1.29, 1.82) is 0 Å². The number of carbonyl (C=O) groups is 2. The molecule has 3 atom stereocenters. The Bertz CT molecular complexity index is 362. The summed E-state index contributed by atoms with van der Waals surface area (Å²) in [7, 11) is 0. The molecule has 2 fully saturated rings.